The second-order valence-corrected chi connectivity index (χ2v) is 9.37. The van der Waals surface area contributed by atoms with E-state index in [2.05, 4.69) is 10.3 Å². The number of hydrogen-bond donors (Lipinski definition) is 1. The van der Waals surface area contributed by atoms with Crippen LogP contribution in [0.2, 0.25) is 0 Å². The van der Waals surface area contributed by atoms with Crippen LogP contribution < -0.4 is 5.32 Å². The van der Waals surface area contributed by atoms with Gasteiger partial charge in [-0.2, -0.15) is 0 Å². The van der Waals surface area contributed by atoms with E-state index < -0.39 is 9.84 Å². The molecular formula is C17H16N2O3S3. The van der Waals surface area contributed by atoms with Crippen molar-refractivity contribution in [3.8, 4) is 10.6 Å². The third-order valence-electron chi connectivity index (χ3n) is 3.55. The molecule has 2 aromatic heterocycles. The summed E-state index contributed by atoms with van der Waals surface area (Å²) in [4.78, 5) is 17.9. The van der Waals surface area contributed by atoms with Gasteiger partial charge in [0.1, 0.15) is 0 Å². The summed E-state index contributed by atoms with van der Waals surface area (Å²) in [5.74, 6) is -0.123. The molecule has 1 N–H and O–H groups in total. The molecule has 0 radical (unpaired) electrons. The molecule has 5 nitrogen and oxygen atoms in total. The van der Waals surface area contributed by atoms with Crippen LogP contribution in [0.5, 0.6) is 0 Å². The molecular weight excluding hydrogens is 376 g/mol. The van der Waals surface area contributed by atoms with E-state index in [1.807, 2.05) is 22.9 Å². The number of nitrogens with one attached hydrogen (secondary N) is 1. The highest BCUT2D eigenvalue weighted by Crippen LogP contribution is 2.28. The average Bonchev–Trinajstić information content (AvgIpc) is 3.26. The zero-order chi connectivity index (χ0) is 17.9. The Morgan fingerprint density at radius 3 is 2.56 bits per heavy atom. The van der Waals surface area contributed by atoms with Crippen LogP contribution in [0.1, 0.15) is 12.5 Å². The van der Waals surface area contributed by atoms with Crippen molar-refractivity contribution in [3.05, 3.63) is 52.7 Å². The average molecular weight is 393 g/mol. The zero-order valence-corrected chi connectivity index (χ0v) is 15.9. The molecule has 8 heteroatoms. The number of anilines is 1. The molecule has 0 aliphatic carbocycles. The standard InChI is InChI=1S/C17H16N2O3S3/c1-2-25(21,22)13-7-5-12(6-8-13)10-16(20)19-17-18-14(11-24-17)15-4-3-9-23-15/h3-9,11H,2,10H2,1H3,(H,18,19,20). The quantitative estimate of drug-likeness (QED) is 0.691. The van der Waals surface area contributed by atoms with Gasteiger partial charge in [0.05, 0.1) is 27.6 Å². The predicted octanol–water partition coefficient (Wildman–Crippen LogP) is 3.85. The normalized spacial score (nSPS) is 11.4. The lowest BCUT2D eigenvalue weighted by Crippen LogP contribution is -2.14. The predicted molar refractivity (Wildman–Crippen MR) is 102 cm³/mol. The molecule has 0 atom stereocenters. The van der Waals surface area contributed by atoms with Crippen molar-refractivity contribution < 1.29 is 13.2 Å². The van der Waals surface area contributed by atoms with Crippen molar-refractivity contribution >= 4 is 43.5 Å². The molecule has 1 aromatic carbocycles. The molecule has 3 aromatic rings. The zero-order valence-electron chi connectivity index (χ0n) is 13.4. The van der Waals surface area contributed by atoms with Crippen LogP contribution in [0, 0.1) is 0 Å². The molecule has 3 rings (SSSR count). The van der Waals surface area contributed by atoms with Gasteiger partial charge in [0.2, 0.25) is 5.91 Å². The Bertz CT molecular complexity index is 959. The summed E-state index contributed by atoms with van der Waals surface area (Å²) < 4.78 is 23.6. The maximum atomic E-state index is 12.2. The van der Waals surface area contributed by atoms with E-state index in [1.165, 1.54) is 11.3 Å². The van der Waals surface area contributed by atoms with Gasteiger partial charge in [-0.15, -0.1) is 22.7 Å². The topological polar surface area (TPSA) is 76.1 Å². The first kappa shape index (κ1) is 17.8. The molecule has 25 heavy (non-hydrogen) atoms. The minimum absolute atomic E-state index is 0.0590. The van der Waals surface area contributed by atoms with E-state index in [0.29, 0.717) is 5.13 Å². The first-order valence-corrected chi connectivity index (χ1v) is 11.0. The number of thiazole rings is 1. The van der Waals surface area contributed by atoms with Crippen LogP contribution in [-0.2, 0) is 21.1 Å². The van der Waals surface area contributed by atoms with E-state index in [9.17, 15) is 13.2 Å². The second-order valence-electron chi connectivity index (χ2n) is 5.29. The van der Waals surface area contributed by atoms with Gasteiger partial charge in [-0.1, -0.05) is 25.1 Å². The molecule has 2 heterocycles. The fourth-order valence-electron chi connectivity index (χ4n) is 2.20. The summed E-state index contributed by atoms with van der Waals surface area (Å²) in [5.41, 5.74) is 1.60. The SMILES string of the molecule is CCS(=O)(=O)c1ccc(CC(=O)Nc2nc(-c3cccs3)cs2)cc1. The molecule has 0 aliphatic heterocycles. The maximum Gasteiger partial charge on any atom is 0.230 e. The van der Waals surface area contributed by atoms with Crippen LogP contribution in [0.4, 0.5) is 5.13 Å². The molecule has 1 amide bonds. The molecule has 0 fully saturated rings. The lowest BCUT2D eigenvalue weighted by molar-refractivity contribution is -0.115. The van der Waals surface area contributed by atoms with Crippen LogP contribution in [0.25, 0.3) is 10.6 Å². The van der Waals surface area contributed by atoms with Gasteiger partial charge in [0, 0.05) is 5.38 Å². The molecule has 0 spiro atoms. The Balaban J connectivity index is 1.63. The van der Waals surface area contributed by atoms with E-state index in [0.717, 1.165) is 16.1 Å². The van der Waals surface area contributed by atoms with E-state index in [1.54, 1.807) is 42.5 Å². The Labute approximate surface area is 154 Å². The van der Waals surface area contributed by atoms with E-state index >= 15 is 0 Å². The highest BCUT2D eigenvalue weighted by molar-refractivity contribution is 7.91. The first-order valence-electron chi connectivity index (χ1n) is 7.59. The third kappa shape index (κ3) is 4.33. The highest BCUT2D eigenvalue weighted by Gasteiger charge is 2.12. The van der Waals surface area contributed by atoms with Crippen molar-refractivity contribution in [1.29, 1.82) is 0 Å². The van der Waals surface area contributed by atoms with Gasteiger partial charge in [-0.3, -0.25) is 4.79 Å². The number of aromatic nitrogens is 1. The van der Waals surface area contributed by atoms with Crippen LogP contribution >= 0.6 is 22.7 Å². The molecule has 0 unspecified atom stereocenters. The number of rotatable bonds is 6. The number of carbonyl (C=O) groups is 1. The van der Waals surface area contributed by atoms with Crippen molar-refractivity contribution in [3.63, 3.8) is 0 Å². The Morgan fingerprint density at radius 2 is 1.92 bits per heavy atom. The highest BCUT2D eigenvalue weighted by atomic mass is 32.2. The molecule has 130 valence electrons. The minimum Gasteiger partial charge on any atom is -0.302 e. The molecule has 0 saturated heterocycles. The van der Waals surface area contributed by atoms with Crippen LogP contribution in [0.3, 0.4) is 0 Å². The van der Waals surface area contributed by atoms with Crippen molar-refractivity contribution in [2.45, 2.75) is 18.2 Å². The number of nitrogens with zero attached hydrogens (tertiary/aromatic N) is 1. The minimum atomic E-state index is -3.22. The summed E-state index contributed by atoms with van der Waals surface area (Å²) in [5, 5.41) is 7.23. The van der Waals surface area contributed by atoms with E-state index in [-0.39, 0.29) is 23.0 Å². The monoisotopic (exact) mass is 392 g/mol. The van der Waals surface area contributed by atoms with Crippen molar-refractivity contribution in [1.82, 2.24) is 4.98 Å². The molecule has 0 bridgehead atoms. The lowest BCUT2D eigenvalue weighted by atomic mass is 10.1. The van der Waals surface area contributed by atoms with Gasteiger partial charge in [-0.05, 0) is 29.1 Å². The lowest BCUT2D eigenvalue weighted by Gasteiger charge is -2.04. The van der Waals surface area contributed by atoms with Crippen molar-refractivity contribution in [2.75, 3.05) is 11.1 Å². The summed E-state index contributed by atoms with van der Waals surface area (Å²) in [6.45, 7) is 1.61. The number of carbonyl (C=O) groups excluding carboxylic acids is 1. The summed E-state index contributed by atoms with van der Waals surface area (Å²) >= 11 is 2.98. The van der Waals surface area contributed by atoms with Gasteiger partial charge < -0.3 is 5.32 Å². The summed E-state index contributed by atoms with van der Waals surface area (Å²) in [6, 6.07) is 10.4. The van der Waals surface area contributed by atoms with Gasteiger partial charge >= 0.3 is 0 Å². The Kier molecular flexibility index (Phi) is 5.31. The van der Waals surface area contributed by atoms with Gasteiger partial charge in [0.15, 0.2) is 15.0 Å². The second kappa shape index (κ2) is 7.47. The van der Waals surface area contributed by atoms with Gasteiger partial charge in [-0.25, -0.2) is 13.4 Å². The van der Waals surface area contributed by atoms with E-state index in [4.69, 9.17) is 0 Å². The molecule has 0 aliphatic rings. The number of thiophene rings is 1. The van der Waals surface area contributed by atoms with Crippen molar-refractivity contribution in [2.24, 2.45) is 0 Å². The van der Waals surface area contributed by atoms with Crippen LogP contribution in [-0.4, -0.2) is 25.1 Å². The largest absolute Gasteiger partial charge is 0.302 e. The van der Waals surface area contributed by atoms with Gasteiger partial charge in [0.25, 0.3) is 0 Å². The number of hydrogen-bond acceptors (Lipinski definition) is 6. The summed E-state index contributed by atoms with van der Waals surface area (Å²) in [7, 11) is -3.22. The Hall–Kier alpha value is -2.03. The maximum absolute atomic E-state index is 12.2. The fourth-order valence-corrected chi connectivity index (χ4v) is 4.57. The number of sulfone groups is 1. The summed E-state index contributed by atoms with van der Waals surface area (Å²) in [6.07, 6.45) is 0.167. The van der Waals surface area contributed by atoms with Crippen LogP contribution in [0.15, 0.2) is 52.1 Å². The number of benzene rings is 1. The number of amides is 1. The smallest absolute Gasteiger partial charge is 0.230 e. The Morgan fingerprint density at radius 1 is 1.16 bits per heavy atom. The third-order valence-corrected chi connectivity index (χ3v) is 6.95. The molecule has 0 saturated carbocycles. The fraction of sp³-hybridized carbons (Fsp3) is 0.176. The first-order chi connectivity index (χ1) is 12.0.